The Hall–Kier alpha value is -2.03. The first-order chi connectivity index (χ1) is 13.1. The van der Waals surface area contributed by atoms with E-state index in [4.69, 9.17) is 4.74 Å². The molecule has 2 saturated heterocycles. The average molecular weight is 413 g/mol. The predicted molar refractivity (Wildman–Crippen MR) is 102 cm³/mol. The third kappa shape index (κ3) is 4.34. The molecule has 9 heteroatoms. The molecule has 0 spiro atoms. The topological polar surface area (TPSA) is 68.2 Å². The number of nitrogens with one attached hydrogen (secondary N) is 2. The highest BCUT2D eigenvalue weighted by atomic mass is 35.5. The maximum Gasteiger partial charge on any atom is 0.272 e. The number of carbonyl (C=O) groups excluding carboxylic acids is 1. The van der Waals surface area contributed by atoms with Crippen LogP contribution in [0.2, 0.25) is 0 Å². The fourth-order valence-electron chi connectivity index (χ4n) is 3.72. The van der Waals surface area contributed by atoms with Crippen LogP contribution in [0.3, 0.4) is 0 Å². The molecular formula is C19H23ClF2N4O2. The lowest BCUT2D eigenvalue weighted by molar-refractivity contribution is 0.0816. The van der Waals surface area contributed by atoms with E-state index in [0.29, 0.717) is 24.3 Å². The van der Waals surface area contributed by atoms with E-state index in [1.54, 1.807) is 6.07 Å². The molecule has 1 aromatic heterocycles. The van der Waals surface area contributed by atoms with Crippen LogP contribution in [0.15, 0.2) is 30.5 Å². The molecule has 1 aromatic carbocycles. The Bertz CT molecular complexity index is 826. The summed E-state index contributed by atoms with van der Waals surface area (Å²) in [6.45, 7) is 2.30. The minimum Gasteiger partial charge on any atom is -0.371 e. The van der Waals surface area contributed by atoms with Gasteiger partial charge in [-0.05, 0) is 49.6 Å². The van der Waals surface area contributed by atoms with E-state index >= 15 is 0 Å². The Balaban J connectivity index is 0.00000225. The predicted octanol–water partition coefficient (Wildman–Crippen LogP) is 2.77. The molecule has 3 atom stereocenters. The van der Waals surface area contributed by atoms with Crippen molar-refractivity contribution < 1.29 is 18.3 Å². The monoisotopic (exact) mass is 412 g/mol. The van der Waals surface area contributed by atoms with Gasteiger partial charge in [0.25, 0.3) is 5.91 Å². The number of hydrogen-bond donors (Lipinski definition) is 2. The fraction of sp³-hybridized carbons (Fsp3) is 0.474. The SMILES string of the molecule is Cl.O=C(NC1CCOC1c1ccc(F)c(F)c1)c1ccn(C2CCCNC2)n1. The van der Waals surface area contributed by atoms with Crippen LogP contribution in [0.5, 0.6) is 0 Å². The van der Waals surface area contributed by atoms with Gasteiger partial charge in [0.05, 0.1) is 12.1 Å². The van der Waals surface area contributed by atoms with Gasteiger partial charge in [-0.1, -0.05) is 6.07 Å². The quantitative estimate of drug-likeness (QED) is 0.810. The minimum absolute atomic E-state index is 0. The Morgan fingerprint density at radius 2 is 2.11 bits per heavy atom. The first-order valence-corrected chi connectivity index (χ1v) is 9.25. The number of ether oxygens (including phenoxy) is 1. The van der Waals surface area contributed by atoms with Gasteiger partial charge in [0.2, 0.25) is 0 Å². The molecule has 2 N–H and O–H groups in total. The van der Waals surface area contributed by atoms with Crippen LogP contribution in [0.1, 0.15) is 47.5 Å². The third-order valence-corrected chi connectivity index (χ3v) is 5.17. The lowest BCUT2D eigenvalue weighted by atomic mass is 10.0. The van der Waals surface area contributed by atoms with Crippen molar-refractivity contribution in [3.63, 3.8) is 0 Å². The van der Waals surface area contributed by atoms with Crippen molar-refractivity contribution in [1.82, 2.24) is 20.4 Å². The number of nitrogens with zero attached hydrogens (tertiary/aromatic N) is 2. The van der Waals surface area contributed by atoms with Crippen molar-refractivity contribution >= 4 is 18.3 Å². The number of carbonyl (C=O) groups is 1. The Labute approximate surface area is 168 Å². The molecule has 0 radical (unpaired) electrons. The molecule has 1 amide bonds. The van der Waals surface area contributed by atoms with Crippen molar-refractivity contribution in [2.75, 3.05) is 19.7 Å². The number of halogens is 3. The smallest absolute Gasteiger partial charge is 0.272 e. The summed E-state index contributed by atoms with van der Waals surface area (Å²) < 4.78 is 34.2. The van der Waals surface area contributed by atoms with Gasteiger partial charge in [-0.2, -0.15) is 5.10 Å². The summed E-state index contributed by atoms with van der Waals surface area (Å²) in [7, 11) is 0. The molecule has 0 aliphatic carbocycles. The molecular weight excluding hydrogens is 390 g/mol. The number of piperidine rings is 1. The molecule has 28 heavy (non-hydrogen) atoms. The highest BCUT2D eigenvalue weighted by Crippen LogP contribution is 2.30. The van der Waals surface area contributed by atoms with Gasteiger partial charge in [-0.25, -0.2) is 8.78 Å². The maximum absolute atomic E-state index is 13.5. The summed E-state index contributed by atoms with van der Waals surface area (Å²) in [5, 5.41) is 10.7. The van der Waals surface area contributed by atoms with Crippen molar-refractivity contribution in [1.29, 1.82) is 0 Å². The van der Waals surface area contributed by atoms with Gasteiger partial charge in [0.1, 0.15) is 11.8 Å². The van der Waals surface area contributed by atoms with Crippen LogP contribution in [0, 0.1) is 11.6 Å². The fourth-order valence-corrected chi connectivity index (χ4v) is 3.72. The van der Waals surface area contributed by atoms with E-state index in [-0.39, 0.29) is 30.4 Å². The van der Waals surface area contributed by atoms with Crippen LogP contribution in [-0.2, 0) is 4.74 Å². The van der Waals surface area contributed by atoms with E-state index < -0.39 is 17.7 Å². The number of aromatic nitrogens is 2. The zero-order valence-corrected chi connectivity index (χ0v) is 16.1. The molecule has 2 aliphatic heterocycles. The largest absolute Gasteiger partial charge is 0.371 e. The van der Waals surface area contributed by atoms with E-state index in [1.165, 1.54) is 6.07 Å². The van der Waals surface area contributed by atoms with Crippen LogP contribution >= 0.6 is 12.4 Å². The van der Waals surface area contributed by atoms with Gasteiger partial charge in [0, 0.05) is 19.3 Å². The van der Waals surface area contributed by atoms with Crippen molar-refractivity contribution in [3.05, 3.63) is 53.4 Å². The molecule has 2 fully saturated rings. The second-order valence-electron chi connectivity index (χ2n) is 7.01. The molecule has 2 aliphatic rings. The summed E-state index contributed by atoms with van der Waals surface area (Å²) >= 11 is 0. The van der Waals surface area contributed by atoms with E-state index in [9.17, 15) is 13.6 Å². The first-order valence-electron chi connectivity index (χ1n) is 9.25. The molecule has 3 heterocycles. The summed E-state index contributed by atoms with van der Waals surface area (Å²) in [6, 6.07) is 5.32. The van der Waals surface area contributed by atoms with Crippen LogP contribution in [0.25, 0.3) is 0 Å². The van der Waals surface area contributed by atoms with Gasteiger partial charge in [-0.3, -0.25) is 9.48 Å². The summed E-state index contributed by atoms with van der Waals surface area (Å²) in [5.41, 5.74) is 0.854. The number of benzene rings is 1. The molecule has 2 aromatic rings. The highest BCUT2D eigenvalue weighted by molar-refractivity contribution is 5.92. The standard InChI is InChI=1S/C19H22F2N4O2.ClH/c20-14-4-3-12(10-15(14)21)18-16(6-9-27-18)23-19(26)17-5-8-25(24-17)13-2-1-7-22-11-13;/h3-5,8,10,13,16,18,22H,1-2,6-7,9,11H2,(H,23,26);1H. The second kappa shape index (κ2) is 8.98. The minimum atomic E-state index is -0.923. The summed E-state index contributed by atoms with van der Waals surface area (Å²) in [6.07, 6.45) is 4.03. The normalized spacial score (nSPS) is 24.6. The number of amides is 1. The Morgan fingerprint density at radius 3 is 2.86 bits per heavy atom. The third-order valence-electron chi connectivity index (χ3n) is 5.17. The van der Waals surface area contributed by atoms with Crippen LogP contribution in [-0.4, -0.2) is 41.4 Å². The zero-order chi connectivity index (χ0) is 18.8. The van der Waals surface area contributed by atoms with Crippen molar-refractivity contribution in [3.8, 4) is 0 Å². The number of rotatable bonds is 4. The highest BCUT2D eigenvalue weighted by Gasteiger charge is 2.32. The first kappa shape index (κ1) is 20.7. The summed E-state index contributed by atoms with van der Waals surface area (Å²) in [4.78, 5) is 12.6. The maximum atomic E-state index is 13.5. The lowest BCUT2D eigenvalue weighted by Gasteiger charge is -2.23. The van der Waals surface area contributed by atoms with E-state index in [1.807, 2.05) is 10.9 Å². The van der Waals surface area contributed by atoms with E-state index in [0.717, 1.165) is 38.1 Å². The molecule has 0 saturated carbocycles. The van der Waals surface area contributed by atoms with E-state index in [2.05, 4.69) is 15.7 Å². The lowest BCUT2D eigenvalue weighted by Crippen LogP contribution is -2.37. The van der Waals surface area contributed by atoms with Crippen molar-refractivity contribution in [2.45, 2.75) is 37.5 Å². The van der Waals surface area contributed by atoms with Gasteiger partial charge < -0.3 is 15.4 Å². The average Bonchev–Trinajstić information content (AvgIpc) is 3.34. The van der Waals surface area contributed by atoms with Gasteiger partial charge in [0.15, 0.2) is 11.6 Å². The molecule has 6 nitrogen and oxygen atoms in total. The van der Waals surface area contributed by atoms with Crippen molar-refractivity contribution in [2.24, 2.45) is 0 Å². The molecule has 152 valence electrons. The van der Waals surface area contributed by atoms with Crippen LogP contribution < -0.4 is 10.6 Å². The molecule has 4 rings (SSSR count). The summed E-state index contributed by atoms with van der Waals surface area (Å²) in [5.74, 6) is -2.12. The van der Waals surface area contributed by atoms with Crippen LogP contribution in [0.4, 0.5) is 8.78 Å². The van der Waals surface area contributed by atoms with Gasteiger partial charge in [-0.15, -0.1) is 12.4 Å². The zero-order valence-electron chi connectivity index (χ0n) is 15.2. The number of hydrogen-bond acceptors (Lipinski definition) is 4. The second-order valence-corrected chi connectivity index (χ2v) is 7.01. The Kier molecular flexibility index (Phi) is 6.64. The molecule has 0 bridgehead atoms. The Morgan fingerprint density at radius 1 is 1.25 bits per heavy atom. The van der Waals surface area contributed by atoms with Gasteiger partial charge >= 0.3 is 0 Å². The molecule has 3 unspecified atom stereocenters.